The van der Waals surface area contributed by atoms with Gasteiger partial charge in [-0.05, 0) is 113 Å². The van der Waals surface area contributed by atoms with Crippen LogP contribution < -0.4 is 0 Å². The first-order chi connectivity index (χ1) is 23.0. The number of hydrogen-bond acceptors (Lipinski definition) is 7. The van der Waals surface area contributed by atoms with E-state index in [1.807, 2.05) is 67.5 Å². The molecule has 2 aromatic carbocycles. The Bertz CT molecular complexity index is 1540. The van der Waals surface area contributed by atoms with Crippen molar-refractivity contribution in [2.45, 2.75) is 147 Å². The Morgan fingerprint density at radius 2 is 1.22 bits per heavy atom. The van der Waals surface area contributed by atoms with E-state index in [9.17, 15) is 19.2 Å². The van der Waals surface area contributed by atoms with Gasteiger partial charge in [-0.25, -0.2) is 0 Å². The fraction of sp³-hybridized carbons (Fsp3) is 0.610. The first-order valence-corrected chi connectivity index (χ1v) is 20.0. The standard InChI is InChI=1S/C41H61O7P/c1-12-15-16-19-22-49(46,39(44)37-28(5)23-27(4)24-29(37)6)40(45)38-31(8)33(25-47-11)30(7)34(32(38)9)26-48-36(43)21-18-17-20-35(42)41(10,13-2)14-3/h23-24H,12-22,25-26H2,1-11H3. The Labute approximate surface area is 295 Å². The molecule has 0 spiro atoms. The molecule has 0 saturated carbocycles. The smallest absolute Gasteiger partial charge is 0.306 e. The summed E-state index contributed by atoms with van der Waals surface area (Å²) in [6, 6.07) is 3.78. The summed E-state index contributed by atoms with van der Waals surface area (Å²) < 4.78 is 26.3. The summed E-state index contributed by atoms with van der Waals surface area (Å²) in [4.78, 5) is 54.6. The average molecular weight is 697 g/mol. The van der Waals surface area contributed by atoms with Gasteiger partial charge in [-0.1, -0.05) is 64.7 Å². The molecular formula is C41H61O7P. The SMILES string of the molecule is CCCCCCP(=O)(C(=O)c1c(C)cc(C)cc1C)C(=O)c1c(C)c(COC)c(C)c(COC(=O)CCCCC(=O)C(C)(CC)CC)c1C. The third kappa shape index (κ3) is 10.1. The number of aryl methyl sites for hydroxylation is 3. The van der Waals surface area contributed by atoms with Crippen molar-refractivity contribution in [2.24, 2.45) is 5.41 Å². The van der Waals surface area contributed by atoms with Crippen molar-refractivity contribution < 1.29 is 33.2 Å². The second kappa shape index (κ2) is 18.9. The van der Waals surface area contributed by atoms with Gasteiger partial charge in [0.05, 0.1) is 6.61 Å². The monoisotopic (exact) mass is 696 g/mol. The topological polar surface area (TPSA) is 104 Å². The van der Waals surface area contributed by atoms with Crippen LogP contribution in [0.2, 0.25) is 0 Å². The molecule has 1 atom stereocenters. The lowest BCUT2D eigenvalue weighted by Gasteiger charge is -2.25. The van der Waals surface area contributed by atoms with Crippen LogP contribution in [-0.4, -0.2) is 36.1 Å². The first kappa shape index (κ1) is 42.3. The molecule has 0 N–H and O–H groups in total. The summed E-state index contributed by atoms with van der Waals surface area (Å²) in [5.41, 5.74) is 4.93. The summed E-state index contributed by atoms with van der Waals surface area (Å²) in [7, 11) is -2.55. The molecule has 2 rings (SSSR count). The maximum absolute atomic E-state index is 15.1. The van der Waals surface area contributed by atoms with Crippen molar-refractivity contribution in [1.82, 2.24) is 0 Å². The lowest BCUT2D eigenvalue weighted by atomic mass is 9.78. The molecule has 0 fully saturated rings. The van der Waals surface area contributed by atoms with Crippen LogP contribution in [0.5, 0.6) is 0 Å². The van der Waals surface area contributed by atoms with Gasteiger partial charge in [0.25, 0.3) is 0 Å². The maximum Gasteiger partial charge on any atom is 0.306 e. The highest BCUT2D eigenvalue weighted by atomic mass is 31.2. The molecule has 0 aliphatic carbocycles. The zero-order valence-corrected chi connectivity index (χ0v) is 33.0. The number of rotatable bonds is 21. The molecule has 1 unspecified atom stereocenters. The van der Waals surface area contributed by atoms with Crippen LogP contribution in [0.3, 0.4) is 0 Å². The molecule has 272 valence electrons. The predicted octanol–water partition coefficient (Wildman–Crippen LogP) is 10.6. The number of methoxy groups -OCH3 is 1. The maximum atomic E-state index is 15.1. The highest BCUT2D eigenvalue weighted by Crippen LogP contribution is 2.55. The summed E-state index contributed by atoms with van der Waals surface area (Å²) in [6.45, 7) is 19.4. The van der Waals surface area contributed by atoms with E-state index in [4.69, 9.17) is 9.47 Å². The second-order valence-electron chi connectivity index (χ2n) is 14.1. The zero-order chi connectivity index (χ0) is 37.1. The third-order valence-electron chi connectivity index (χ3n) is 10.6. The van der Waals surface area contributed by atoms with Crippen LogP contribution in [0.25, 0.3) is 0 Å². The molecule has 0 saturated heterocycles. The van der Waals surface area contributed by atoms with E-state index >= 15 is 4.57 Å². The number of benzene rings is 2. The number of ketones is 1. The molecule has 49 heavy (non-hydrogen) atoms. The number of carbonyl (C=O) groups is 4. The van der Waals surface area contributed by atoms with Crippen molar-refractivity contribution in [3.05, 3.63) is 67.8 Å². The van der Waals surface area contributed by atoms with Crippen LogP contribution in [-0.2, 0) is 36.8 Å². The summed E-state index contributed by atoms with van der Waals surface area (Å²) >= 11 is 0. The second-order valence-corrected chi connectivity index (χ2v) is 16.8. The predicted molar refractivity (Wildman–Crippen MR) is 199 cm³/mol. The number of unbranched alkanes of at least 4 members (excludes halogenated alkanes) is 4. The molecule has 0 aromatic heterocycles. The largest absolute Gasteiger partial charge is 0.461 e. The van der Waals surface area contributed by atoms with Crippen molar-refractivity contribution >= 4 is 29.9 Å². The number of ether oxygens (including phenoxy) is 2. The van der Waals surface area contributed by atoms with Gasteiger partial charge in [0.2, 0.25) is 18.2 Å². The minimum atomic E-state index is -4.12. The van der Waals surface area contributed by atoms with Crippen molar-refractivity contribution in [3.8, 4) is 0 Å². The molecule has 0 heterocycles. The highest BCUT2D eigenvalue weighted by Gasteiger charge is 2.43. The van der Waals surface area contributed by atoms with Gasteiger partial charge in [0, 0.05) is 42.7 Å². The van der Waals surface area contributed by atoms with Crippen LogP contribution in [0.1, 0.15) is 157 Å². The van der Waals surface area contributed by atoms with Gasteiger partial charge >= 0.3 is 5.97 Å². The molecule has 8 heteroatoms. The number of esters is 1. The van der Waals surface area contributed by atoms with E-state index in [-0.39, 0.29) is 48.5 Å². The molecule has 0 aliphatic rings. The van der Waals surface area contributed by atoms with Crippen LogP contribution in [0.4, 0.5) is 0 Å². The van der Waals surface area contributed by atoms with E-state index in [2.05, 4.69) is 6.92 Å². The van der Waals surface area contributed by atoms with Gasteiger partial charge in [0.15, 0.2) is 0 Å². The highest BCUT2D eigenvalue weighted by molar-refractivity contribution is 7.95. The quantitative estimate of drug-likeness (QED) is 0.0727. The fourth-order valence-electron chi connectivity index (χ4n) is 6.89. The van der Waals surface area contributed by atoms with Crippen LogP contribution >= 0.6 is 7.14 Å². The number of Topliss-reactive ketones (excluding diaryl/α,β-unsaturated/α-hetero) is 1. The van der Waals surface area contributed by atoms with Gasteiger partial charge < -0.3 is 14.0 Å². The van der Waals surface area contributed by atoms with Gasteiger partial charge in [-0.15, -0.1) is 0 Å². The van der Waals surface area contributed by atoms with Crippen LogP contribution in [0, 0.1) is 47.0 Å². The Balaban J connectivity index is 2.48. The van der Waals surface area contributed by atoms with Crippen LogP contribution in [0.15, 0.2) is 12.1 Å². The minimum absolute atomic E-state index is 0.00623. The van der Waals surface area contributed by atoms with Gasteiger partial charge in [-0.2, -0.15) is 0 Å². The molecule has 0 radical (unpaired) electrons. The van der Waals surface area contributed by atoms with E-state index in [1.165, 1.54) is 0 Å². The summed E-state index contributed by atoms with van der Waals surface area (Å²) in [5.74, 6) is -0.155. The van der Waals surface area contributed by atoms with Gasteiger partial charge in [0.1, 0.15) is 12.4 Å². The van der Waals surface area contributed by atoms with Gasteiger partial charge in [-0.3, -0.25) is 19.2 Å². The molecule has 0 amide bonds. The normalized spacial score (nSPS) is 12.9. The van der Waals surface area contributed by atoms with Crippen molar-refractivity contribution in [2.75, 3.05) is 13.3 Å². The molecular weight excluding hydrogens is 635 g/mol. The lowest BCUT2D eigenvalue weighted by Crippen LogP contribution is -2.26. The van der Waals surface area contributed by atoms with Crippen molar-refractivity contribution in [1.29, 1.82) is 0 Å². The number of hydrogen-bond donors (Lipinski definition) is 0. The van der Waals surface area contributed by atoms with E-state index < -0.39 is 18.2 Å². The Morgan fingerprint density at radius 1 is 0.694 bits per heavy atom. The molecule has 0 aliphatic heterocycles. The molecule has 2 aromatic rings. The molecule has 7 nitrogen and oxygen atoms in total. The molecule has 0 bridgehead atoms. The summed E-state index contributed by atoms with van der Waals surface area (Å²) in [5, 5.41) is 0. The Kier molecular flexibility index (Phi) is 16.3. The average Bonchev–Trinajstić information content (AvgIpc) is 3.05. The Morgan fingerprint density at radius 3 is 1.76 bits per heavy atom. The zero-order valence-electron chi connectivity index (χ0n) is 32.2. The van der Waals surface area contributed by atoms with Crippen molar-refractivity contribution in [3.63, 3.8) is 0 Å². The third-order valence-corrected chi connectivity index (χ3v) is 13.3. The summed E-state index contributed by atoms with van der Waals surface area (Å²) in [6.07, 6.45) is 6.55. The number of carbonyl (C=O) groups excluding carboxylic acids is 4. The van der Waals surface area contributed by atoms with E-state index in [0.29, 0.717) is 59.1 Å². The lowest BCUT2D eigenvalue weighted by molar-refractivity contribution is -0.145. The van der Waals surface area contributed by atoms with E-state index in [0.717, 1.165) is 48.8 Å². The first-order valence-electron chi connectivity index (χ1n) is 18.1. The fourth-order valence-corrected chi connectivity index (χ4v) is 9.56. The minimum Gasteiger partial charge on any atom is -0.461 e. The Hall–Kier alpha value is -2.89. The van der Waals surface area contributed by atoms with E-state index in [1.54, 1.807) is 14.0 Å².